The highest BCUT2D eigenvalue weighted by Gasteiger charge is 2.80. The Labute approximate surface area is 384 Å². The molecule has 0 aromatic rings. The maximum Gasteiger partial charge on any atom is 0.335 e. The molecular formula is C50H78O15. The van der Waals surface area contributed by atoms with E-state index in [-0.39, 0.29) is 79.7 Å². The van der Waals surface area contributed by atoms with E-state index in [0.717, 1.165) is 5.57 Å². The zero-order valence-electron chi connectivity index (χ0n) is 39.9. The molecule has 0 radical (unpaired) electrons. The number of cyclic esters (lactones) is 1. The minimum absolute atomic E-state index is 0.00701. The molecule has 4 aliphatic rings. The molecule has 15 heteroatoms. The molecule has 0 aromatic heterocycles. The molecule has 17 atom stereocenters. The Morgan fingerprint density at radius 2 is 1.54 bits per heavy atom. The third-order valence-electron chi connectivity index (χ3n) is 15.1. The third-order valence-corrected chi connectivity index (χ3v) is 15.1. The number of rotatable bonds is 5. The number of esters is 1. The van der Waals surface area contributed by atoms with Gasteiger partial charge in [-0.3, -0.25) is 14.4 Å². The highest BCUT2D eigenvalue weighted by atomic mass is 16.6. The summed E-state index contributed by atoms with van der Waals surface area (Å²) in [4.78, 5) is 54.5. The van der Waals surface area contributed by atoms with Gasteiger partial charge in [0.25, 0.3) is 0 Å². The molecule has 0 aromatic carbocycles. The first-order chi connectivity index (χ1) is 30.4. The zero-order chi connectivity index (χ0) is 48.6. The van der Waals surface area contributed by atoms with Crippen LogP contribution >= 0.6 is 0 Å². The Morgan fingerprint density at radius 1 is 0.846 bits per heavy atom. The molecule has 1 spiro atoms. The second-order valence-corrected chi connectivity index (χ2v) is 20.1. The maximum atomic E-state index is 14.2. The zero-order valence-corrected chi connectivity index (χ0v) is 39.9. The van der Waals surface area contributed by atoms with E-state index >= 15 is 0 Å². The Bertz CT molecular complexity index is 1770. The molecule has 4 rings (SSSR count). The van der Waals surface area contributed by atoms with Gasteiger partial charge in [0.05, 0.1) is 42.0 Å². The molecule has 3 aliphatic carbocycles. The number of hydrogen-bond acceptors (Lipinski definition) is 15. The number of carbonyl (C=O) groups is 4. The van der Waals surface area contributed by atoms with Crippen molar-refractivity contribution in [1.29, 1.82) is 0 Å². The van der Waals surface area contributed by atoms with Crippen molar-refractivity contribution < 1.29 is 73.9 Å². The van der Waals surface area contributed by atoms with Crippen LogP contribution in [0.2, 0.25) is 0 Å². The van der Waals surface area contributed by atoms with E-state index in [1.807, 2.05) is 26.8 Å². The number of methoxy groups -OCH3 is 2. The summed E-state index contributed by atoms with van der Waals surface area (Å²) in [6.07, 6.45) is 1.48. The molecule has 3 saturated carbocycles. The molecule has 2 bridgehead atoms. The SMILES string of the molecule is CO[C@H]1C[C@@]2(O)CCC3(C)[C@H](O)C3(C2)C(=O)[C@H](C)OCC[C@H](O)C(=O)O[C@@H](C(C)C[C@@H]2CCC(O)[C@H](OC)C2)CC(=O)[C@H](C)/C=C(\C)[C@H](O)[C@@H](O)C(=O)[C@H](O)C[C@H](C)/C=C/C=C/C=C/1C. The van der Waals surface area contributed by atoms with Crippen molar-refractivity contribution in [1.82, 2.24) is 0 Å². The lowest BCUT2D eigenvalue weighted by molar-refractivity contribution is -0.164. The van der Waals surface area contributed by atoms with E-state index in [2.05, 4.69) is 0 Å². The predicted octanol–water partition coefficient (Wildman–Crippen LogP) is 3.80. The van der Waals surface area contributed by atoms with E-state index in [1.165, 1.54) is 27.2 Å². The van der Waals surface area contributed by atoms with Crippen LogP contribution in [-0.4, -0.2) is 147 Å². The van der Waals surface area contributed by atoms with Crippen molar-refractivity contribution in [3.05, 3.63) is 47.6 Å². The lowest BCUT2D eigenvalue weighted by Crippen LogP contribution is -2.47. The number of allylic oxidation sites excluding steroid dienone is 6. The van der Waals surface area contributed by atoms with Crippen LogP contribution in [0.3, 0.4) is 0 Å². The van der Waals surface area contributed by atoms with Crippen LogP contribution in [0.15, 0.2) is 47.6 Å². The molecule has 1 aliphatic heterocycles. The standard InChI is InChI=1S/C50H78O15/c1-28-13-11-10-12-14-29(2)41(63-9)26-49(61)19-18-48(7)47(60)50(48,27-49)45(58)33(6)64-20-17-36(52)46(59)65-39(31(4)23-34-15-16-35(51)40(24-34)62-8)25-37(53)30(3)22-32(5)42(55)44(57)43(56)38(54)21-28/h10-14,22,28,30-31,33-36,38-42,44,47,51-52,54-55,57,60-61H,15-21,23-27H2,1-9H3/b12-10+,13-11+,29-14+,32-22+/t28-,30-,31?,33+,34+,35?,36+,38-,39-,40-,41+,42+,44-,47+,48?,49+,50?/m1/s1. The Kier molecular flexibility index (Phi) is 19.6. The number of aliphatic hydroxyl groups excluding tert-OH is 6. The topological polar surface area (TPSA) is 247 Å². The smallest absolute Gasteiger partial charge is 0.335 e. The molecule has 15 nitrogen and oxygen atoms in total. The minimum Gasteiger partial charge on any atom is -0.460 e. The molecule has 0 saturated heterocycles. The van der Waals surface area contributed by atoms with Crippen molar-refractivity contribution in [3.8, 4) is 0 Å². The van der Waals surface area contributed by atoms with Crippen molar-refractivity contribution in [2.24, 2.45) is 34.5 Å². The van der Waals surface area contributed by atoms with E-state index < -0.39 is 89.0 Å². The third kappa shape index (κ3) is 13.2. The van der Waals surface area contributed by atoms with Gasteiger partial charge in [0.15, 0.2) is 17.7 Å². The van der Waals surface area contributed by atoms with Gasteiger partial charge in [-0.05, 0) is 101 Å². The average Bonchev–Trinajstić information content (AvgIpc) is 3.75. The summed E-state index contributed by atoms with van der Waals surface area (Å²) in [5.74, 6) is -4.18. The van der Waals surface area contributed by atoms with Crippen LogP contribution in [0, 0.1) is 34.5 Å². The predicted molar refractivity (Wildman–Crippen MR) is 241 cm³/mol. The number of aliphatic hydroxyl groups is 7. The second kappa shape index (κ2) is 23.4. The number of Topliss-reactive ketones (excluding diaryl/α,β-unsaturated/α-hetero) is 3. The van der Waals surface area contributed by atoms with Crippen LogP contribution in [-0.2, 0) is 38.1 Å². The first-order valence-electron chi connectivity index (χ1n) is 23.4. The van der Waals surface area contributed by atoms with Gasteiger partial charge in [0.1, 0.15) is 36.3 Å². The van der Waals surface area contributed by atoms with Crippen LogP contribution in [0.1, 0.15) is 119 Å². The van der Waals surface area contributed by atoms with Gasteiger partial charge in [-0.25, -0.2) is 4.79 Å². The Balaban J connectivity index is 1.60. The summed E-state index contributed by atoms with van der Waals surface area (Å²) in [6.45, 7) is 11.7. The van der Waals surface area contributed by atoms with E-state index in [4.69, 9.17) is 18.9 Å². The first kappa shape index (κ1) is 54.6. The highest BCUT2D eigenvalue weighted by molar-refractivity contribution is 5.94. The van der Waals surface area contributed by atoms with Gasteiger partial charge in [-0.15, -0.1) is 0 Å². The fourth-order valence-electron chi connectivity index (χ4n) is 10.5. The summed E-state index contributed by atoms with van der Waals surface area (Å²) < 4.78 is 23.1. The van der Waals surface area contributed by atoms with Gasteiger partial charge in [-0.1, -0.05) is 64.2 Å². The van der Waals surface area contributed by atoms with Gasteiger partial charge in [-0.2, -0.15) is 0 Å². The van der Waals surface area contributed by atoms with Crippen molar-refractivity contribution in [3.63, 3.8) is 0 Å². The van der Waals surface area contributed by atoms with Gasteiger partial charge >= 0.3 is 5.97 Å². The lowest BCUT2D eigenvalue weighted by atomic mass is 9.68. The molecule has 65 heavy (non-hydrogen) atoms. The molecular weight excluding hydrogens is 841 g/mol. The Hall–Kier alpha value is -2.96. The van der Waals surface area contributed by atoms with Gasteiger partial charge in [0.2, 0.25) is 0 Å². The van der Waals surface area contributed by atoms with Crippen LogP contribution < -0.4 is 0 Å². The first-order valence-corrected chi connectivity index (χ1v) is 23.4. The van der Waals surface area contributed by atoms with Crippen molar-refractivity contribution in [2.75, 3.05) is 20.8 Å². The van der Waals surface area contributed by atoms with E-state index in [9.17, 15) is 54.9 Å². The van der Waals surface area contributed by atoms with Gasteiger partial charge < -0.3 is 54.7 Å². The van der Waals surface area contributed by atoms with E-state index in [1.54, 1.807) is 45.1 Å². The maximum absolute atomic E-state index is 14.2. The number of carbonyl (C=O) groups excluding carboxylic acids is 4. The molecule has 368 valence electrons. The van der Waals surface area contributed by atoms with Crippen molar-refractivity contribution >= 4 is 23.3 Å². The normalized spacial score (nSPS) is 44.8. The fourth-order valence-corrected chi connectivity index (χ4v) is 10.5. The van der Waals surface area contributed by atoms with E-state index in [0.29, 0.717) is 38.5 Å². The second-order valence-electron chi connectivity index (χ2n) is 20.1. The van der Waals surface area contributed by atoms with Crippen molar-refractivity contribution in [2.45, 2.75) is 186 Å². The number of fused-ring (bicyclic) bond motifs is 1. The summed E-state index contributed by atoms with van der Waals surface area (Å²) in [7, 11) is 3.07. The molecule has 3 fully saturated rings. The summed E-state index contributed by atoms with van der Waals surface area (Å²) >= 11 is 0. The summed E-state index contributed by atoms with van der Waals surface area (Å²) in [5, 5.41) is 77.2. The highest BCUT2D eigenvalue weighted by Crippen LogP contribution is 2.73. The Morgan fingerprint density at radius 3 is 2.20 bits per heavy atom. The fraction of sp³-hybridized carbons (Fsp3) is 0.760. The quantitative estimate of drug-likeness (QED) is 0.153. The number of ketones is 3. The number of hydrogen-bond donors (Lipinski definition) is 7. The number of ether oxygens (including phenoxy) is 4. The molecule has 7 N–H and O–H groups in total. The lowest BCUT2D eigenvalue weighted by Gasteiger charge is -2.41. The summed E-state index contributed by atoms with van der Waals surface area (Å²) in [6, 6.07) is 0. The van der Waals surface area contributed by atoms with Crippen LogP contribution in [0.5, 0.6) is 0 Å². The molecule has 4 unspecified atom stereocenters. The van der Waals surface area contributed by atoms with Crippen LogP contribution in [0.4, 0.5) is 0 Å². The van der Waals surface area contributed by atoms with Crippen LogP contribution in [0.25, 0.3) is 0 Å². The van der Waals surface area contributed by atoms with Gasteiger partial charge in [0, 0.05) is 44.8 Å². The minimum atomic E-state index is -1.97. The molecule has 1 heterocycles. The summed E-state index contributed by atoms with van der Waals surface area (Å²) in [5.41, 5.74) is -2.47. The molecule has 0 amide bonds. The monoisotopic (exact) mass is 919 g/mol. The largest absolute Gasteiger partial charge is 0.460 e. The average molecular weight is 919 g/mol.